The van der Waals surface area contributed by atoms with Crippen molar-refractivity contribution in [1.29, 1.82) is 0 Å². The maximum absolute atomic E-state index is 11.7. The Balaban J connectivity index is 2.26. The molecule has 1 aliphatic heterocycles. The number of nitrogens with one attached hydrogen (secondary N) is 2. The van der Waals surface area contributed by atoms with Crippen LogP contribution in [0.5, 0.6) is 0 Å². The molecule has 0 aromatic heterocycles. The highest BCUT2D eigenvalue weighted by molar-refractivity contribution is 5.84. The second kappa shape index (κ2) is 5.47. The van der Waals surface area contributed by atoms with Gasteiger partial charge in [-0.25, -0.2) is 0 Å². The van der Waals surface area contributed by atoms with Gasteiger partial charge in [-0.2, -0.15) is 0 Å². The molecule has 1 unspecified atom stereocenters. The lowest BCUT2D eigenvalue weighted by atomic mass is 9.99. The molecule has 1 saturated heterocycles. The second-order valence-corrected chi connectivity index (χ2v) is 4.64. The lowest BCUT2D eigenvalue weighted by molar-refractivity contribution is -0.139. The number of amides is 1. The van der Waals surface area contributed by atoms with Gasteiger partial charge in [-0.1, -0.05) is 0 Å². The zero-order chi connectivity index (χ0) is 11.3. The minimum Gasteiger partial charge on any atom is -0.369 e. The molecule has 0 aromatic carbocycles. The van der Waals surface area contributed by atoms with E-state index in [1.807, 2.05) is 0 Å². The molecule has 1 heterocycles. The first-order valence-electron chi connectivity index (χ1n) is 5.60. The molecule has 0 aromatic rings. The molecule has 88 valence electrons. The summed E-state index contributed by atoms with van der Waals surface area (Å²) in [7, 11) is 1.56. The number of hydrogen-bond donors (Lipinski definition) is 2. The standard InChI is InChI=1S/C11H22N2O2/c1-11(2,15-3)10(14)13-8-9-5-4-6-12-7-9/h9,12H,4-8H2,1-3H3,(H,13,14). The van der Waals surface area contributed by atoms with Gasteiger partial charge in [-0.15, -0.1) is 0 Å². The van der Waals surface area contributed by atoms with Gasteiger partial charge < -0.3 is 15.4 Å². The zero-order valence-electron chi connectivity index (χ0n) is 9.93. The average Bonchev–Trinajstić information content (AvgIpc) is 2.27. The molecule has 4 heteroatoms. The predicted molar refractivity (Wildman–Crippen MR) is 59.7 cm³/mol. The van der Waals surface area contributed by atoms with Gasteiger partial charge in [0.25, 0.3) is 5.91 Å². The Kier molecular flexibility index (Phi) is 4.54. The van der Waals surface area contributed by atoms with Gasteiger partial charge in [0.05, 0.1) is 0 Å². The Bertz CT molecular complexity index is 211. The highest BCUT2D eigenvalue weighted by Crippen LogP contribution is 2.10. The van der Waals surface area contributed by atoms with Gasteiger partial charge >= 0.3 is 0 Å². The summed E-state index contributed by atoms with van der Waals surface area (Å²) in [6.07, 6.45) is 2.40. The number of ether oxygens (including phenoxy) is 1. The van der Waals surface area contributed by atoms with E-state index in [1.54, 1.807) is 21.0 Å². The monoisotopic (exact) mass is 214 g/mol. The summed E-state index contributed by atoms with van der Waals surface area (Å²) >= 11 is 0. The molecule has 4 nitrogen and oxygen atoms in total. The van der Waals surface area contributed by atoms with Crippen molar-refractivity contribution in [3.05, 3.63) is 0 Å². The first-order chi connectivity index (χ1) is 7.06. The lowest BCUT2D eigenvalue weighted by Gasteiger charge is -2.26. The first kappa shape index (κ1) is 12.5. The molecule has 0 radical (unpaired) electrons. The third kappa shape index (κ3) is 3.80. The third-order valence-corrected chi connectivity index (χ3v) is 3.01. The summed E-state index contributed by atoms with van der Waals surface area (Å²) in [6.45, 7) is 6.42. The van der Waals surface area contributed by atoms with Crippen molar-refractivity contribution in [3.63, 3.8) is 0 Å². The number of carbonyl (C=O) groups excluding carboxylic acids is 1. The number of piperidine rings is 1. The highest BCUT2D eigenvalue weighted by atomic mass is 16.5. The first-order valence-corrected chi connectivity index (χ1v) is 5.60. The topological polar surface area (TPSA) is 50.4 Å². The molecule has 1 aliphatic rings. The third-order valence-electron chi connectivity index (χ3n) is 3.01. The highest BCUT2D eigenvalue weighted by Gasteiger charge is 2.27. The van der Waals surface area contributed by atoms with E-state index in [1.165, 1.54) is 12.8 Å². The minimum absolute atomic E-state index is 0.0319. The van der Waals surface area contributed by atoms with E-state index in [9.17, 15) is 4.79 Å². The quantitative estimate of drug-likeness (QED) is 0.717. The fourth-order valence-electron chi connectivity index (χ4n) is 1.64. The second-order valence-electron chi connectivity index (χ2n) is 4.64. The number of carbonyl (C=O) groups is 1. The molecule has 0 spiro atoms. The van der Waals surface area contributed by atoms with E-state index >= 15 is 0 Å². The van der Waals surface area contributed by atoms with Gasteiger partial charge in [0.2, 0.25) is 0 Å². The van der Waals surface area contributed by atoms with Gasteiger partial charge in [0.15, 0.2) is 0 Å². The van der Waals surface area contributed by atoms with E-state index in [-0.39, 0.29) is 5.91 Å². The van der Waals surface area contributed by atoms with Crippen molar-refractivity contribution in [3.8, 4) is 0 Å². The Labute approximate surface area is 91.8 Å². The fraction of sp³-hybridized carbons (Fsp3) is 0.909. The smallest absolute Gasteiger partial charge is 0.251 e. The molecule has 1 fully saturated rings. The van der Waals surface area contributed by atoms with Crippen LogP contribution in [0.4, 0.5) is 0 Å². The van der Waals surface area contributed by atoms with Crippen LogP contribution in [0.1, 0.15) is 26.7 Å². The minimum atomic E-state index is -0.720. The molecule has 1 amide bonds. The number of methoxy groups -OCH3 is 1. The summed E-state index contributed by atoms with van der Waals surface area (Å²) in [5.41, 5.74) is -0.720. The Morgan fingerprint density at radius 1 is 1.60 bits per heavy atom. The molecule has 1 rings (SSSR count). The molecule has 15 heavy (non-hydrogen) atoms. The summed E-state index contributed by atoms with van der Waals surface area (Å²) in [6, 6.07) is 0. The lowest BCUT2D eigenvalue weighted by Crippen LogP contribution is -2.46. The van der Waals surface area contributed by atoms with Crippen LogP contribution in [0.3, 0.4) is 0 Å². The van der Waals surface area contributed by atoms with E-state index in [0.29, 0.717) is 5.92 Å². The van der Waals surface area contributed by atoms with Crippen molar-refractivity contribution in [2.75, 3.05) is 26.7 Å². The van der Waals surface area contributed by atoms with Gasteiger partial charge in [0.1, 0.15) is 5.60 Å². The van der Waals surface area contributed by atoms with Crippen molar-refractivity contribution in [2.45, 2.75) is 32.3 Å². The summed E-state index contributed by atoms with van der Waals surface area (Å²) in [5.74, 6) is 0.533. The normalized spacial score (nSPS) is 22.5. The molecule has 0 saturated carbocycles. The molecular weight excluding hydrogens is 192 g/mol. The number of hydrogen-bond acceptors (Lipinski definition) is 3. The van der Waals surface area contributed by atoms with Crippen LogP contribution in [-0.2, 0) is 9.53 Å². The van der Waals surface area contributed by atoms with Crippen molar-refractivity contribution in [2.24, 2.45) is 5.92 Å². The average molecular weight is 214 g/mol. The molecule has 0 aliphatic carbocycles. The largest absolute Gasteiger partial charge is 0.369 e. The zero-order valence-corrected chi connectivity index (χ0v) is 9.93. The van der Waals surface area contributed by atoms with E-state index in [2.05, 4.69) is 10.6 Å². The predicted octanol–water partition coefficient (Wildman–Crippen LogP) is 0.527. The molecule has 0 bridgehead atoms. The van der Waals surface area contributed by atoms with Crippen LogP contribution in [0, 0.1) is 5.92 Å². The van der Waals surface area contributed by atoms with Crippen LogP contribution in [-0.4, -0.2) is 38.3 Å². The van der Waals surface area contributed by atoms with E-state index in [4.69, 9.17) is 4.74 Å². The van der Waals surface area contributed by atoms with E-state index in [0.717, 1.165) is 19.6 Å². The van der Waals surface area contributed by atoms with Crippen LogP contribution in [0.2, 0.25) is 0 Å². The summed E-state index contributed by atoms with van der Waals surface area (Å²) in [5, 5.41) is 6.27. The maximum atomic E-state index is 11.7. The molecular formula is C11H22N2O2. The molecule has 1 atom stereocenters. The van der Waals surface area contributed by atoms with Gasteiger partial charge in [0, 0.05) is 13.7 Å². The SMILES string of the molecule is COC(C)(C)C(=O)NCC1CCCNC1. The Morgan fingerprint density at radius 3 is 2.87 bits per heavy atom. The molecule has 2 N–H and O–H groups in total. The van der Waals surface area contributed by atoms with Crippen LogP contribution < -0.4 is 10.6 Å². The van der Waals surface area contributed by atoms with Crippen molar-refractivity contribution < 1.29 is 9.53 Å². The van der Waals surface area contributed by atoms with Crippen LogP contribution >= 0.6 is 0 Å². The summed E-state index contributed by atoms with van der Waals surface area (Å²) in [4.78, 5) is 11.7. The van der Waals surface area contributed by atoms with E-state index < -0.39 is 5.60 Å². The van der Waals surface area contributed by atoms with Crippen LogP contribution in [0.25, 0.3) is 0 Å². The Hall–Kier alpha value is -0.610. The maximum Gasteiger partial charge on any atom is 0.251 e. The van der Waals surface area contributed by atoms with Crippen molar-refractivity contribution in [1.82, 2.24) is 10.6 Å². The van der Waals surface area contributed by atoms with Gasteiger partial charge in [-0.05, 0) is 45.7 Å². The van der Waals surface area contributed by atoms with Gasteiger partial charge in [-0.3, -0.25) is 4.79 Å². The van der Waals surface area contributed by atoms with Crippen LogP contribution in [0.15, 0.2) is 0 Å². The summed E-state index contributed by atoms with van der Waals surface area (Å²) < 4.78 is 5.11. The number of rotatable bonds is 4. The van der Waals surface area contributed by atoms with Crippen molar-refractivity contribution >= 4 is 5.91 Å². The Morgan fingerprint density at radius 2 is 2.33 bits per heavy atom. The fourth-order valence-corrected chi connectivity index (χ4v) is 1.64.